The molecule has 18 heavy (non-hydrogen) atoms. The van der Waals surface area contributed by atoms with Crippen LogP contribution in [-0.2, 0) is 0 Å². The third kappa shape index (κ3) is 1.25. The zero-order valence-corrected chi connectivity index (χ0v) is 10.0. The average molecular weight is 266 g/mol. The molecule has 92 valence electrons. The maximum Gasteiger partial charge on any atom is 0.271 e. The first-order valence-electron chi connectivity index (χ1n) is 5.04. The lowest BCUT2D eigenvalue weighted by Crippen LogP contribution is -2.13. The molecule has 0 saturated carbocycles. The van der Waals surface area contributed by atoms with Gasteiger partial charge in [-0.05, 0) is 23.7 Å². The number of ether oxygens (including phenoxy) is 1. The van der Waals surface area contributed by atoms with Crippen LogP contribution in [0, 0.1) is 0 Å². The molecular weight excluding hydrogens is 259 g/mol. The second-order valence-electron chi connectivity index (χ2n) is 3.68. The molecule has 1 aromatic carbocycles. The zero-order valence-electron chi connectivity index (χ0n) is 9.19. The molecule has 1 N–H and O–H groups in total. The molecule has 0 bridgehead atoms. The Kier molecular flexibility index (Phi) is 2.24. The van der Waals surface area contributed by atoms with Crippen molar-refractivity contribution in [2.45, 2.75) is 0 Å². The first-order chi connectivity index (χ1) is 8.65. The Morgan fingerprint density at radius 2 is 2.17 bits per heavy atom. The Bertz CT molecular complexity index is 877. The van der Waals surface area contributed by atoms with Crippen molar-refractivity contribution < 1.29 is 9.22 Å². The number of pyridine rings is 1. The quantitative estimate of drug-likeness (QED) is 0.728. The molecule has 0 saturated heterocycles. The number of H-pyrrole nitrogens is 1. The number of hydrogen-bond acceptors (Lipinski definition) is 4. The molecule has 0 aliphatic heterocycles. The summed E-state index contributed by atoms with van der Waals surface area (Å²) in [7, 11) is 1.39. The van der Waals surface area contributed by atoms with Crippen LogP contribution < -0.4 is 15.7 Å². The Labute approximate surface area is 103 Å². The lowest BCUT2D eigenvalue weighted by Gasteiger charge is -2.07. The van der Waals surface area contributed by atoms with Crippen LogP contribution in [0.4, 0.5) is 4.48 Å². The molecule has 2 heterocycles. The van der Waals surface area contributed by atoms with Crippen LogP contribution in [0.1, 0.15) is 0 Å². The first kappa shape index (κ1) is 11.0. The summed E-state index contributed by atoms with van der Waals surface area (Å²) < 4.78 is 21.6. The third-order valence-electron chi connectivity index (χ3n) is 2.75. The molecule has 0 aliphatic rings. The molecule has 0 unspecified atom stereocenters. The van der Waals surface area contributed by atoms with Crippen LogP contribution in [-0.4, -0.2) is 16.3 Å². The van der Waals surface area contributed by atoms with Gasteiger partial charge in [0, 0.05) is 0 Å². The summed E-state index contributed by atoms with van der Waals surface area (Å²) in [4.78, 5) is 23.9. The Balaban J connectivity index is 2.73. The number of rotatable bonds is 1. The maximum absolute atomic E-state index is 14.3. The Morgan fingerprint density at radius 1 is 1.39 bits per heavy atom. The lowest BCUT2D eigenvalue weighted by atomic mass is 10.1. The fourth-order valence-corrected chi connectivity index (χ4v) is 2.69. The Hall–Kier alpha value is -2.15. The van der Waals surface area contributed by atoms with Gasteiger partial charge in [0.25, 0.3) is 5.56 Å². The van der Waals surface area contributed by atoms with Gasteiger partial charge in [0.05, 0.1) is 12.5 Å². The van der Waals surface area contributed by atoms with E-state index in [2.05, 4.69) is 4.37 Å². The van der Waals surface area contributed by atoms with Gasteiger partial charge in [0.1, 0.15) is 16.7 Å². The maximum atomic E-state index is 14.3. The van der Waals surface area contributed by atoms with Crippen LogP contribution in [0.15, 0.2) is 27.8 Å². The fraction of sp³-hybridized carbons (Fsp3) is 0.0909. The van der Waals surface area contributed by atoms with E-state index in [-0.39, 0.29) is 26.9 Å². The van der Waals surface area contributed by atoms with E-state index >= 15 is 0 Å². The van der Waals surface area contributed by atoms with E-state index in [1.54, 1.807) is 12.1 Å². The number of methoxy groups -OCH3 is 1. The smallest absolute Gasteiger partial charge is 0.271 e. The van der Waals surface area contributed by atoms with Crippen LogP contribution in [0.3, 0.4) is 0 Å². The number of fused-ring (bicyclic) bond motifs is 2. The summed E-state index contributed by atoms with van der Waals surface area (Å²) in [5.74, 6) is 0.245. The number of benzene rings is 1. The summed E-state index contributed by atoms with van der Waals surface area (Å²) in [6.45, 7) is 0. The highest BCUT2D eigenvalue weighted by Crippen LogP contribution is 2.27. The largest absolute Gasteiger partial charge is 0.494 e. The van der Waals surface area contributed by atoms with Crippen molar-refractivity contribution in [3.05, 3.63) is 38.8 Å². The minimum absolute atomic E-state index is 0.0350. The van der Waals surface area contributed by atoms with Crippen molar-refractivity contribution >= 4 is 32.7 Å². The van der Waals surface area contributed by atoms with Crippen LogP contribution in [0.25, 0.3) is 21.1 Å². The fourth-order valence-electron chi connectivity index (χ4n) is 1.94. The Morgan fingerprint density at radius 3 is 2.89 bits per heavy atom. The number of nitrogens with zero attached hydrogens (tertiary/aromatic N) is 1. The van der Waals surface area contributed by atoms with Gasteiger partial charge >= 0.3 is 0 Å². The summed E-state index contributed by atoms with van der Waals surface area (Å²) >= 11 is 0.784. The second kappa shape index (κ2) is 3.67. The van der Waals surface area contributed by atoms with Crippen molar-refractivity contribution in [1.82, 2.24) is 9.16 Å². The van der Waals surface area contributed by atoms with E-state index < -0.39 is 11.0 Å². The molecule has 3 rings (SSSR count). The zero-order chi connectivity index (χ0) is 12.9. The van der Waals surface area contributed by atoms with Crippen molar-refractivity contribution in [2.75, 3.05) is 7.11 Å². The third-order valence-corrected chi connectivity index (χ3v) is 3.59. The van der Waals surface area contributed by atoms with Gasteiger partial charge in [-0.25, -0.2) is 0 Å². The van der Waals surface area contributed by atoms with Gasteiger partial charge < -0.3 is 4.74 Å². The highest BCUT2D eigenvalue weighted by Gasteiger charge is 2.18. The normalized spacial score (nSPS) is 11.2. The van der Waals surface area contributed by atoms with E-state index in [1.165, 1.54) is 13.2 Å². The summed E-state index contributed by atoms with van der Waals surface area (Å²) in [6.07, 6.45) is 0. The van der Waals surface area contributed by atoms with E-state index in [1.807, 2.05) is 0 Å². The summed E-state index contributed by atoms with van der Waals surface area (Å²) in [5, 5.41) is -0.0449. The second-order valence-corrected chi connectivity index (χ2v) is 4.47. The van der Waals surface area contributed by atoms with Gasteiger partial charge in [-0.1, -0.05) is 10.5 Å². The lowest BCUT2D eigenvalue weighted by molar-refractivity contribution is 0.383. The standard InChI is InChI=1S/C11H7FN2O3S/c1-17-6-4-2-3-5-8(6)14(12)11-7(9(5)15)10(16)13-18-11/h2-4H,1H3,(H,13,16). The highest BCUT2D eigenvalue weighted by atomic mass is 32.1. The number of aromatic nitrogens is 2. The molecule has 7 heteroatoms. The van der Waals surface area contributed by atoms with Gasteiger partial charge in [0.2, 0.25) is 5.43 Å². The SMILES string of the molecule is COc1cccc2c(=O)c3c(=O)[nH]sc3n(F)c12. The minimum atomic E-state index is -0.573. The molecule has 0 spiro atoms. The molecule has 0 fully saturated rings. The summed E-state index contributed by atoms with van der Waals surface area (Å²) in [5.41, 5.74) is -1.03. The first-order valence-corrected chi connectivity index (χ1v) is 5.86. The molecule has 0 radical (unpaired) electrons. The molecule has 2 aromatic heterocycles. The van der Waals surface area contributed by atoms with Crippen molar-refractivity contribution in [2.24, 2.45) is 0 Å². The van der Waals surface area contributed by atoms with Crippen molar-refractivity contribution in [3.8, 4) is 5.75 Å². The number of para-hydroxylation sites is 1. The van der Waals surface area contributed by atoms with Crippen LogP contribution in [0.2, 0.25) is 0 Å². The minimum Gasteiger partial charge on any atom is -0.494 e. The topological polar surface area (TPSA) is 64.1 Å². The molecule has 0 amide bonds. The number of hydrogen-bond donors (Lipinski definition) is 1. The molecule has 0 atom stereocenters. The van der Waals surface area contributed by atoms with E-state index in [0.717, 1.165) is 11.5 Å². The summed E-state index contributed by atoms with van der Waals surface area (Å²) in [6, 6.07) is 4.60. The highest BCUT2D eigenvalue weighted by molar-refractivity contribution is 7.12. The van der Waals surface area contributed by atoms with Gasteiger partial charge in [0.15, 0.2) is 4.83 Å². The molecular formula is C11H7FN2O3S. The van der Waals surface area contributed by atoms with Crippen molar-refractivity contribution in [3.63, 3.8) is 0 Å². The van der Waals surface area contributed by atoms with Crippen LogP contribution >= 0.6 is 11.5 Å². The number of nitrogens with one attached hydrogen (secondary N) is 1. The molecule has 3 aromatic rings. The predicted molar refractivity (Wildman–Crippen MR) is 67.3 cm³/mol. The van der Waals surface area contributed by atoms with Gasteiger partial charge in [-0.2, -0.15) is 4.79 Å². The van der Waals surface area contributed by atoms with Gasteiger partial charge in [-0.15, -0.1) is 0 Å². The monoisotopic (exact) mass is 266 g/mol. The predicted octanol–water partition coefficient (Wildman–Crippen LogP) is 1.65. The van der Waals surface area contributed by atoms with Gasteiger partial charge in [-0.3, -0.25) is 14.0 Å². The van der Waals surface area contributed by atoms with E-state index in [0.29, 0.717) is 4.79 Å². The van der Waals surface area contributed by atoms with E-state index in [4.69, 9.17) is 4.74 Å². The molecule has 5 nitrogen and oxygen atoms in total. The molecule has 0 aliphatic carbocycles. The van der Waals surface area contributed by atoms with Crippen molar-refractivity contribution in [1.29, 1.82) is 0 Å². The van der Waals surface area contributed by atoms with Crippen LogP contribution in [0.5, 0.6) is 5.75 Å². The number of aromatic amines is 1. The number of halogens is 1. The van der Waals surface area contributed by atoms with E-state index in [9.17, 15) is 14.1 Å². The average Bonchev–Trinajstić information content (AvgIpc) is 2.77.